The summed E-state index contributed by atoms with van der Waals surface area (Å²) in [5.74, 6) is 0. The van der Waals surface area contributed by atoms with Gasteiger partial charge in [-0.2, -0.15) is 0 Å². The standard InChI is InChI=1S/C18H15P/c1-4-10-16(11-5-1)19(17-12-6-2-7-13-17)18-14-8-3-9-15-18/h1-15H/i10D,12D,14D. The van der Waals surface area contributed by atoms with Gasteiger partial charge in [-0.3, -0.25) is 0 Å². The van der Waals surface area contributed by atoms with E-state index in [1.807, 2.05) is 54.6 Å². The molecule has 3 aromatic rings. The van der Waals surface area contributed by atoms with Crippen LogP contribution in [0, 0.1) is 0 Å². The van der Waals surface area contributed by atoms with Crippen molar-refractivity contribution in [3.8, 4) is 0 Å². The average Bonchev–Trinajstić information content (AvgIpc) is 2.53. The molecule has 0 aliphatic carbocycles. The van der Waals surface area contributed by atoms with Crippen LogP contribution in [0.4, 0.5) is 0 Å². The molecule has 0 saturated carbocycles. The molecular formula is C18H15P. The second-order valence-electron chi connectivity index (χ2n) is 4.08. The third kappa shape index (κ3) is 2.75. The lowest BCUT2D eigenvalue weighted by atomic mass is 10.4. The van der Waals surface area contributed by atoms with E-state index in [0.717, 1.165) is 15.9 Å². The van der Waals surface area contributed by atoms with Gasteiger partial charge in [0, 0.05) is 0 Å². The van der Waals surface area contributed by atoms with E-state index in [4.69, 9.17) is 4.11 Å². The summed E-state index contributed by atoms with van der Waals surface area (Å²) >= 11 is 0. The van der Waals surface area contributed by atoms with E-state index in [9.17, 15) is 0 Å². The summed E-state index contributed by atoms with van der Waals surface area (Å²) in [5.41, 5.74) is 0. The molecule has 92 valence electrons. The highest BCUT2D eigenvalue weighted by atomic mass is 31.1. The first kappa shape index (κ1) is 9.07. The minimum atomic E-state index is -1.07. The lowest BCUT2D eigenvalue weighted by Crippen LogP contribution is -2.20. The lowest BCUT2D eigenvalue weighted by molar-refractivity contribution is 1.74. The Balaban J connectivity index is 2.27. The van der Waals surface area contributed by atoms with Gasteiger partial charge in [0.1, 0.15) is 0 Å². The van der Waals surface area contributed by atoms with Gasteiger partial charge in [-0.15, -0.1) is 0 Å². The van der Waals surface area contributed by atoms with Gasteiger partial charge >= 0.3 is 0 Å². The summed E-state index contributed by atoms with van der Waals surface area (Å²) in [6.45, 7) is 0. The van der Waals surface area contributed by atoms with E-state index < -0.39 is 7.92 Å². The van der Waals surface area contributed by atoms with Gasteiger partial charge in [0.2, 0.25) is 0 Å². The molecule has 0 nitrogen and oxygen atoms in total. The number of rotatable bonds is 3. The SMILES string of the molecule is [2H]c1ccccc1P(c1ccccc1[2H])c1ccccc1[2H]. The summed E-state index contributed by atoms with van der Waals surface area (Å²) in [7, 11) is -1.07. The highest BCUT2D eigenvalue weighted by molar-refractivity contribution is 7.79. The number of hydrogen-bond acceptors (Lipinski definition) is 0. The van der Waals surface area contributed by atoms with Crippen molar-refractivity contribution in [3.63, 3.8) is 0 Å². The van der Waals surface area contributed by atoms with Crippen molar-refractivity contribution in [2.24, 2.45) is 0 Å². The Morgan fingerprint density at radius 3 is 1.21 bits per heavy atom. The monoisotopic (exact) mass is 265 g/mol. The van der Waals surface area contributed by atoms with E-state index in [2.05, 4.69) is 0 Å². The van der Waals surface area contributed by atoms with Crippen LogP contribution in [-0.4, -0.2) is 0 Å². The maximum Gasteiger partial charge on any atom is 0.0630 e. The van der Waals surface area contributed by atoms with Gasteiger partial charge < -0.3 is 0 Å². The Morgan fingerprint density at radius 2 is 0.895 bits per heavy atom. The maximum absolute atomic E-state index is 8.23. The first-order valence-corrected chi connectivity index (χ1v) is 7.49. The van der Waals surface area contributed by atoms with Crippen molar-refractivity contribution in [1.29, 1.82) is 0 Å². The molecule has 0 aliphatic heterocycles. The molecule has 0 aromatic heterocycles. The Kier molecular flexibility index (Phi) is 2.78. The van der Waals surface area contributed by atoms with E-state index in [1.54, 1.807) is 18.2 Å². The summed E-state index contributed by atoms with van der Waals surface area (Å²) < 4.78 is 24.7. The van der Waals surface area contributed by atoms with Crippen molar-refractivity contribution in [2.45, 2.75) is 0 Å². The van der Waals surface area contributed by atoms with Crippen molar-refractivity contribution in [2.75, 3.05) is 0 Å². The zero-order valence-electron chi connectivity index (χ0n) is 13.4. The van der Waals surface area contributed by atoms with Crippen LogP contribution in [0.5, 0.6) is 0 Å². The van der Waals surface area contributed by atoms with Gasteiger partial charge in [-0.25, -0.2) is 0 Å². The molecule has 0 fully saturated rings. The first-order valence-electron chi connectivity index (χ1n) is 7.65. The van der Waals surface area contributed by atoms with Gasteiger partial charge in [0.15, 0.2) is 0 Å². The molecule has 0 atom stereocenters. The van der Waals surface area contributed by atoms with Crippen molar-refractivity contribution >= 4 is 23.8 Å². The van der Waals surface area contributed by atoms with Crippen LogP contribution in [0.1, 0.15) is 4.11 Å². The molecular weight excluding hydrogens is 247 g/mol. The quantitative estimate of drug-likeness (QED) is 0.636. The fraction of sp³-hybridized carbons (Fsp3) is 0. The Morgan fingerprint density at radius 1 is 0.526 bits per heavy atom. The number of benzene rings is 3. The largest absolute Gasteiger partial charge is 0.0630 e. The third-order valence-corrected chi connectivity index (χ3v) is 5.08. The predicted octanol–water partition coefficient (Wildman–Crippen LogP) is 3.44. The molecule has 1 heteroatoms. The van der Waals surface area contributed by atoms with Crippen LogP contribution in [-0.2, 0) is 0 Å². The molecule has 0 N–H and O–H groups in total. The zero-order valence-corrected chi connectivity index (χ0v) is 11.3. The van der Waals surface area contributed by atoms with E-state index in [1.165, 1.54) is 0 Å². The second kappa shape index (κ2) is 5.82. The third-order valence-electron chi connectivity index (χ3n) is 2.80. The van der Waals surface area contributed by atoms with Gasteiger partial charge in [0.05, 0.1) is 4.11 Å². The highest BCUT2D eigenvalue weighted by Crippen LogP contribution is 2.32. The van der Waals surface area contributed by atoms with Crippen LogP contribution < -0.4 is 15.9 Å². The summed E-state index contributed by atoms with van der Waals surface area (Å²) in [6, 6.07) is 23.8. The van der Waals surface area contributed by atoms with E-state index in [0.29, 0.717) is 18.1 Å². The molecule has 3 rings (SSSR count). The molecule has 0 saturated heterocycles. The highest BCUT2D eigenvalue weighted by Gasteiger charge is 2.14. The van der Waals surface area contributed by atoms with E-state index in [-0.39, 0.29) is 0 Å². The zero-order chi connectivity index (χ0) is 15.5. The smallest absolute Gasteiger partial charge is 0.0622 e. The minimum Gasteiger partial charge on any atom is -0.0622 e. The van der Waals surface area contributed by atoms with Gasteiger partial charge in [-0.05, 0) is 23.8 Å². The Hall–Kier alpha value is -1.91. The number of hydrogen-bond donors (Lipinski definition) is 0. The van der Waals surface area contributed by atoms with Crippen LogP contribution in [0.3, 0.4) is 0 Å². The molecule has 19 heavy (non-hydrogen) atoms. The maximum atomic E-state index is 8.23. The molecule has 0 radical (unpaired) electrons. The normalized spacial score (nSPS) is 12.8. The van der Waals surface area contributed by atoms with Crippen LogP contribution >= 0.6 is 7.92 Å². The fourth-order valence-corrected chi connectivity index (χ4v) is 4.05. The van der Waals surface area contributed by atoms with Crippen molar-refractivity contribution in [1.82, 2.24) is 0 Å². The molecule has 0 aliphatic rings. The van der Waals surface area contributed by atoms with E-state index >= 15 is 0 Å². The van der Waals surface area contributed by atoms with Crippen molar-refractivity contribution < 1.29 is 4.11 Å². The second-order valence-corrected chi connectivity index (χ2v) is 6.20. The van der Waals surface area contributed by atoms with Crippen LogP contribution in [0.15, 0.2) is 90.9 Å². The lowest BCUT2D eigenvalue weighted by Gasteiger charge is -2.18. The molecule has 3 aromatic carbocycles. The predicted molar refractivity (Wildman–Crippen MR) is 85.1 cm³/mol. The van der Waals surface area contributed by atoms with Gasteiger partial charge in [0.25, 0.3) is 0 Å². The Bertz CT molecular complexity index is 693. The molecule has 0 unspecified atom stereocenters. The molecule has 0 spiro atoms. The first-order chi connectivity index (χ1) is 10.7. The van der Waals surface area contributed by atoms with Gasteiger partial charge in [-0.1, -0.05) is 90.9 Å². The van der Waals surface area contributed by atoms with Crippen molar-refractivity contribution in [3.05, 3.63) is 90.9 Å². The van der Waals surface area contributed by atoms with Crippen LogP contribution in [0.2, 0.25) is 0 Å². The molecule has 0 heterocycles. The summed E-state index contributed by atoms with van der Waals surface area (Å²) in [6.07, 6.45) is 0. The van der Waals surface area contributed by atoms with Crippen LogP contribution in [0.25, 0.3) is 0 Å². The molecule has 0 bridgehead atoms. The topological polar surface area (TPSA) is 0 Å². The Labute approximate surface area is 119 Å². The molecule has 0 amide bonds. The summed E-state index contributed by atoms with van der Waals surface area (Å²) in [5, 5.41) is 2.66. The summed E-state index contributed by atoms with van der Waals surface area (Å²) in [4.78, 5) is 0. The average molecular weight is 265 g/mol. The minimum absolute atomic E-state index is 0.458. The fourth-order valence-electron chi connectivity index (χ4n) is 1.96.